The Kier molecular flexibility index (Phi) is 2.37. The zero-order valence-corrected chi connectivity index (χ0v) is 8.77. The summed E-state index contributed by atoms with van der Waals surface area (Å²) in [5, 5.41) is 0. The van der Waals surface area contributed by atoms with E-state index in [1.165, 1.54) is 6.33 Å². The third kappa shape index (κ3) is 1.56. The number of ether oxygens (including phenoxy) is 1. The molecule has 0 bridgehead atoms. The molecule has 0 aliphatic rings. The number of aryl methyl sites for hydroxylation is 1. The van der Waals surface area contributed by atoms with Gasteiger partial charge in [-0.1, -0.05) is 6.58 Å². The van der Waals surface area contributed by atoms with Gasteiger partial charge in [0, 0.05) is 7.05 Å². The predicted molar refractivity (Wildman–Crippen MR) is 57.0 cm³/mol. The molecule has 78 valence electrons. The topological polar surface area (TPSA) is 52.8 Å². The number of fused-ring (bicyclic) bond motifs is 1. The number of hydrogen-bond acceptors (Lipinski definition) is 4. The van der Waals surface area contributed by atoms with Crippen LogP contribution in [0.4, 0.5) is 0 Å². The minimum Gasteiger partial charge on any atom is -0.492 e. The second kappa shape index (κ2) is 3.68. The molecule has 5 heteroatoms. The van der Waals surface area contributed by atoms with Gasteiger partial charge in [-0.15, -0.1) is 0 Å². The van der Waals surface area contributed by atoms with Crippen molar-refractivity contribution < 1.29 is 4.74 Å². The summed E-state index contributed by atoms with van der Waals surface area (Å²) in [5.74, 6) is 0.531. The number of imidazole rings is 1. The average molecular weight is 204 g/mol. The number of rotatable bonds is 3. The van der Waals surface area contributed by atoms with Crippen molar-refractivity contribution in [1.29, 1.82) is 0 Å². The third-order valence-electron chi connectivity index (χ3n) is 2.08. The van der Waals surface area contributed by atoms with Gasteiger partial charge in [0.2, 0.25) is 0 Å². The summed E-state index contributed by atoms with van der Waals surface area (Å²) in [7, 11) is 1.88. The molecule has 2 rings (SSSR count). The number of nitrogens with zero attached hydrogens (tertiary/aromatic N) is 4. The van der Waals surface area contributed by atoms with Crippen LogP contribution in [0.5, 0.6) is 0 Å². The molecule has 0 aliphatic heterocycles. The van der Waals surface area contributed by atoms with E-state index in [1.54, 1.807) is 6.33 Å². The Morgan fingerprint density at radius 3 is 3.00 bits per heavy atom. The zero-order valence-electron chi connectivity index (χ0n) is 8.77. The van der Waals surface area contributed by atoms with Gasteiger partial charge in [-0.05, 0) is 6.92 Å². The molecule has 15 heavy (non-hydrogen) atoms. The first-order chi connectivity index (χ1) is 7.24. The Hall–Kier alpha value is -1.91. The fourth-order valence-electron chi connectivity index (χ4n) is 1.39. The van der Waals surface area contributed by atoms with Gasteiger partial charge in [-0.3, -0.25) is 0 Å². The molecule has 2 aromatic heterocycles. The van der Waals surface area contributed by atoms with Gasteiger partial charge in [0.25, 0.3) is 0 Å². The molecule has 0 aliphatic carbocycles. The minimum atomic E-state index is 0.531. The summed E-state index contributed by atoms with van der Waals surface area (Å²) < 4.78 is 7.14. The van der Waals surface area contributed by atoms with E-state index in [9.17, 15) is 0 Å². The highest BCUT2D eigenvalue weighted by Crippen LogP contribution is 2.18. The lowest BCUT2D eigenvalue weighted by Gasteiger charge is -2.05. The van der Waals surface area contributed by atoms with Crippen LogP contribution in [0.25, 0.3) is 16.9 Å². The van der Waals surface area contributed by atoms with Crippen LogP contribution in [-0.4, -0.2) is 26.1 Å². The maximum Gasteiger partial charge on any atom is 0.163 e. The molecule has 0 aromatic carbocycles. The van der Waals surface area contributed by atoms with E-state index in [4.69, 9.17) is 4.74 Å². The van der Waals surface area contributed by atoms with E-state index in [1.807, 2.05) is 18.5 Å². The Labute approximate surface area is 87.4 Å². The van der Waals surface area contributed by atoms with Crippen LogP contribution in [0.3, 0.4) is 0 Å². The van der Waals surface area contributed by atoms with Crippen molar-refractivity contribution in [3.8, 4) is 0 Å². The zero-order chi connectivity index (χ0) is 10.8. The normalized spacial score (nSPS) is 10.5. The molecule has 0 spiro atoms. The van der Waals surface area contributed by atoms with Crippen LogP contribution in [0.1, 0.15) is 12.6 Å². The van der Waals surface area contributed by atoms with Gasteiger partial charge >= 0.3 is 0 Å². The summed E-state index contributed by atoms with van der Waals surface area (Å²) in [4.78, 5) is 12.5. The van der Waals surface area contributed by atoms with Crippen LogP contribution in [-0.2, 0) is 11.8 Å². The van der Waals surface area contributed by atoms with Crippen molar-refractivity contribution >= 4 is 16.9 Å². The van der Waals surface area contributed by atoms with Gasteiger partial charge < -0.3 is 9.30 Å². The van der Waals surface area contributed by atoms with E-state index in [2.05, 4.69) is 21.5 Å². The molecular weight excluding hydrogens is 192 g/mol. The molecule has 2 heterocycles. The molecule has 0 N–H and O–H groups in total. The van der Waals surface area contributed by atoms with Crippen molar-refractivity contribution in [3.63, 3.8) is 0 Å². The molecule has 0 unspecified atom stereocenters. The second-order valence-corrected chi connectivity index (χ2v) is 3.11. The van der Waals surface area contributed by atoms with Gasteiger partial charge in [0.15, 0.2) is 5.65 Å². The molecule has 5 nitrogen and oxygen atoms in total. The van der Waals surface area contributed by atoms with Crippen LogP contribution in [0.15, 0.2) is 19.2 Å². The highest BCUT2D eigenvalue weighted by Gasteiger charge is 2.11. The summed E-state index contributed by atoms with van der Waals surface area (Å²) in [6.07, 6.45) is 3.19. The Bertz CT molecular complexity index is 503. The minimum absolute atomic E-state index is 0.531. The van der Waals surface area contributed by atoms with Crippen LogP contribution >= 0.6 is 0 Å². The lowest BCUT2D eigenvalue weighted by atomic mass is 10.3. The first-order valence-corrected chi connectivity index (χ1v) is 4.68. The van der Waals surface area contributed by atoms with E-state index >= 15 is 0 Å². The summed E-state index contributed by atoms with van der Waals surface area (Å²) in [6.45, 7) is 6.28. The maximum atomic E-state index is 5.31. The largest absolute Gasteiger partial charge is 0.492 e. The highest BCUT2D eigenvalue weighted by atomic mass is 16.5. The maximum absolute atomic E-state index is 5.31. The number of hydrogen-bond donors (Lipinski definition) is 0. The first-order valence-electron chi connectivity index (χ1n) is 4.68. The van der Waals surface area contributed by atoms with Gasteiger partial charge in [-0.25, -0.2) is 15.0 Å². The molecule has 0 fully saturated rings. The van der Waals surface area contributed by atoms with Gasteiger partial charge in [-0.2, -0.15) is 0 Å². The third-order valence-corrected chi connectivity index (χ3v) is 2.08. The Morgan fingerprint density at radius 1 is 1.47 bits per heavy atom. The van der Waals surface area contributed by atoms with Crippen molar-refractivity contribution in [1.82, 2.24) is 19.5 Å². The number of aromatic nitrogens is 4. The second-order valence-electron chi connectivity index (χ2n) is 3.11. The highest BCUT2D eigenvalue weighted by molar-refractivity contribution is 5.82. The van der Waals surface area contributed by atoms with E-state index < -0.39 is 0 Å². The lowest BCUT2D eigenvalue weighted by Crippen LogP contribution is -1.97. The summed E-state index contributed by atoms with van der Waals surface area (Å²) in [6, 6.07) is 0. The van der Waals surface area contributed by atoms with Gasteiger partial charge in [0.1, 0.15) is 23.3 Å². The first kappa shape index (κ1) is 9.64. The smallest absolute Gasteiger partial charge is 0.163 e. The molecular formula is C10H12N4O. The molecule has 0 amide bonds. The molecule has 0 saturated carbocycles. The van der Waals surface area contributed by atoms with Crippen molar-refractivity contribution in [2.75, 3.05) is 6.61 Å². The monoisotopic (exact) mass is 204 g/mol. The summed E-state index contributed by atoms with van der Waals surface area (Å²) in [5.41, 5.74) is 2.15. The van der Waals surface area contributed by atoms with Crippen molar-refractivity contribution in [2.45, 2.75) is 6.92 Å². The molecule has 0 radical (unpaired) electrons. The van der Waals surface area contributed by atoms with E-state index in [-0.39, 0.29) is 0 Å². The fraction of sp³-hybridized carbons (Fsp3) is 0.300. The summed E-state index contributed by atoms with van der Waals surface area (Å²) >= 11 is 0. The molecule has 0 saturated heterocycles. The van der Waals surface area contributed by atoms with Crippen LogP contribution in [0, 0.1) is 0 Å². The average Bonchev–Trinajstić information content (AvgIpc) is 2.61. The fourth-order valence-corrected chi connectivity index (χ4v) is 1.39. The van der Waals surface area contributed by atoms with E-state index in [0.29, 0.717) is 18.1 Å². The van der Waals surface area contributed by atoms with E-state index in [0.717, 1.165) is 11.2 Å². The SMILES string of the molecule is C=C(OCC)c1ncnc2c1ncn2C. The van der Waals surface area contributed by atoms with Gasteiger partial charge in [0.05, 0.1) is 12.9 Å². The molecule has 0 atom stereocenters. The Balaban J connectivity index is 2.56. The Morgan fingerprint density at radius 2 is 2.27 bits per heavy atom. The predicted octanol–water partition coefficient (Wildman–Crippen LogP) is 1.37. The van der Waals surface area contributed by atoms with Crippen molar-refractivity contribution in [3.05, 3.63) is 24.9 Å². The van der Waals surface area contributed by atoms with Crippen LogP contribution in [0.2, 0.25) is 0 Å². The van der Waals surface area contributed by atoms with Crippen LogP contribution < -0.4 is 0 Å². The lowest BCUT2D eigenvalue weighted by molar-refractivity contribution is 0.298. The van der Waals surface area contributed by atoms with Crippen molar-refractivity contribution in [2.24, 2.45) is 7.05 Å². The molecule has 2 aromatic rings. The standard InChI is InChI=1S/C10H12N4O/c1-4-15-7(2)8-9-10(12-5-11-8)14(3)6-13-9/h5-6H,2,4H2,1,3H3. The quantitative estimate of drug-likeness (QED) is 0.708.